The SMILES string of the molecule is Brc1ccc(C2CC=c3ccc4c5c(ccc4c3C2)=CC=CC5)cc1. The van der Waals surface area contributed by atoms with Crippen molar-refractivity contribution in [1.29, 1.82) is 0 Å². The molecule has 1 heteroatoms. The number of rotatable bonds is 1. The largest absolute Gasteiger partial charge is 0.0801 e. The van der Waals surface area contributed by atoms with Crippen LogP contribution in [0.4, 0.5) is 0 Å². The highest BCUT2D eigenvalue weighted by Gasteiger charge is 2.18. The van der Waals surface area contributed by atoms with E-state index in [1.165, 1.54) is 37.9 Å². The minimum absolute atomic E-state index is 0.577. The topological polar surface area (TPSA) is 0 Å². The average molecular weight is 387 g/mol. The van der Waals surface area contributed by atoms with Crippen molar-refractivity contribution < 1.29 is 0 Å². The third-order valence-electron chi connectivity index (χ3n) is 5.64. The first kappa shape index (κ1) is 15.2. The summed E-state index contributed by atoms with van der Waals surface area (Å²) < 4.78 is 1.15. The minimum Gasteiger partial charge on any atom is -0.0801 e. The first-order valence-corrected chi connectivity index (χ1v) is 9.75. The zero-order valence-corrected chi connectivity index (χ0v) is 15.6. The monoisotopic (exact) mass is 386 g/mol. The maximum atomic E-state index is 3.55. The minimum atomic E-state index is 0.577. The van der Waals surface area contributed by atoms with Gasteiger partial charge in [-0.05, 0) is 75.2 Å². The Bertz CT molecular complexity index is 1120. The second-order valence-corrected chi connectivity index (χ2v) is 7.97. The molecule has 1 atom stereocenters. The van der Waals surface area contributed by atoms with Crippen LogP contribution in [0, 0.1) is 0 Å². The van der Waals surface area contributed by atoms with E-state index < -0.39 is 0 Å². The predicted octanol–water partition coefficient (Wildman–Crippen LogP) is 5.01. The van der Waals surface area contributed by atoms with Gasteiger partial charge in [0.1, 0.15) is 0 Å². The Hall–Kier alpha value is -2.12. The summed E-state index contributed by atoms with van der Waals surface area (Å²) in [5.74, 6) is 0.577. The lowest BCUT2D eigenvalue weighted by Crippen LogP contribution is -2.20. The van der Waals surface area contributed by atoms with Gasteiger partial charge in [0.05, 0.1) is 0 Å². The molecule has 0 saturated heterocycles. The van der Waals surface area contributed by atoms with Crippen LogP contribution >= 0.6 is 15.9 Å². The van der Waals surface area contributed by atoms with Gasteiger partial charge < -0.3 is 0 Å². The van der Waals surface area contributed by atoms with E-state index in [2.05, 4.69) is 88.8 Å². The fraction of sp³-hybridized carbons (Fsp3) is 0.167. The average Bonchev–Trinajstić information content (AvgIpc) is 2.67. The number of fused-ring (bicyclic) bond motifs is 5. The molecule has 0 radical (unpaired) electrons. The van der Waals surface area contributed by atoms with Gasteiger partial charge in [-0.15, -0.1) is 0 Å². The Morgan fingerprint density at radius 1 is 0.800 bits per heavy atom. The smallest absolute Gasteiger partial charge is 0.0175 e. The second kappa shape index (κ2) is 6.00. The van der Waals surface area contributed by atoms with E-state index in [9.17, 15) is 0 Å². The number of hydrogen-bond acceptors (Lipinski definition) is 0. The molecule has 122 valence electrons. The third-order valence-corrected chi connectivity index (χ3v) is 6.17. The van der Waals surface area contributed by atoms with Crippen molar-refractivity contribution in [3.8, 4) is 0 Å². The molecule has 0 nitrogen and oxygen atoms in total. The first-order valence-electron chi connectivity index (χ1n) is 8.95. The van der Waals surface area contributed by atoms with E-state index in [1.807, 2.05) is 0 Å². The van der Waals surface area contributed by atoms with E-state index in [-0.39, 0.29) is 0 Å². The lowest BCUT2D eigenvalue weighted by Gasteiger charge is -2.23. The Morgan fingerprint density at radius 2 is 1.56 bits per heavy atom. The summed E-state index contributed by atoms with van der Waals surface area (Å²) in [5.41, 5.74) is 4.44. The fourth-order valence-electron chi connectivity index (χ4n) is 4.31. The molecule has 0 saturated carbocycles. The van der Waals surface area contributed by atoms with Gasteiger partial charge in [0.2, 0.25) is 0 Å². The summed E-state index contributed by atoms with van der Waals surface area (Å²) in [4.78, 5) is 0. The molecule has 0 fully saturated rings. The van der Waals surface area contributed by atoms with E-state index in [1.54, 1.807) is 0 Å². The highest BCUT2D eigenvalue weighted by Crippen LogP contribution is 2.31. The summed E-state index contributed by atoms with van der Waals surface area (Å²) in [6, 6.07) is 18.1. The zero-order valence-electron chi connectivity index (χ0n) is 14.0. The van der Waals surface area contributed by atoms with Crippen molar-refractivity contribution >= 4 is 38.9 Å². The molecule has 0 aliphatic heterocycles. The van der Waals surface area contributed by atoms with E-state index in [0.717, 1.165) is 23.7 Å². The number of benzene rings is 3. The van der Waals surface area contributed by atoms with Crippen LogP contribution < -0.4 is 10.4 Å². The van der Waals surface area contributed by atoms with Gasteiger partial charge in [-0.25, -0.2) is 0 Å². The lowest BCUT2D eigenvalue weighted by atomic mass is 9.82. The van der Waals surface area contributed by atoms with Gasteiger partial charge in [-0.3, -0.25) is 0 Å². The molecule has 0 amide bonds. The van der Waals surface area contributed by atoms with Gasteiger partial charge >= 0.3 is 0 Å². The number of halogens is 1. The molecule has 2 aliphatic carbocycles. The van der Waals surface area contributed by atoms with Gasteiger partial charge in [0.25, 0.3) is 0 Å². The van der Waals surface area contributed by atoms with Crippen LogP contribution in [0.5, 0.6) is 0 Å². The molecule has 0 bridgehead atoms. The van der Waals surface area contributed by atoms with Crippen LogP contribution in [0.3, 0.4) is 0 Å². The predicted molar refractivity (Wildman–Crippen MR) is 110 cm³/mol. The Kier molecular flexibility index (Phi) is 3.64. The summed E-state index contributed by atoms with van der Waals surface area (Å²) in [6.45, 7) is 0. The van der Waals surface area contributed by atoms with Crippen molar-refractivity contribution in [2.45, 2.75) is 25.2 Å². The highest BCUT2D eigenvalue weighted by molar-refractivity contribution is 9.10. The number of hydrogen-bond donors (Lipinski definition) is 0. The summed E-state index contributed by atoms with van der Waals surface area (Å²) >= 11 is 3.55. The molecule has 3 aromatic rings. The van der Waals surface area contributed by atoms with Gasteiger partial charge in [0, 0.05) is 4.47 Å². The maximum absolute atomic E-state index is 3.55. The quantitative estimate of drug-likeness (QED) is 0.551. The summed E-state index contributed by atoms with van der Waals surface area (Å²) in [6.07, 6.45) is 12.4. The molecule has 0 spiro atoms. The standard InChI is InChI=1S/C24H19Br/c25-20-11-7-16(8-12-20)19-6-5-18-10-13-22-21-4-2-1-3-17(21)9-14-23(22)24(18)15-19/h1-3,5,7-14,19H,4,6,15H2. The molecular formula is C24H19Br. The maximum Gasteiger partial charge on any atom is 0.0175 e. The Labute approximate surface area is 156 Å². The highest BCUT2D eigenvalue weighted by atomic mass is 79.9. The molecule has 1 unspecified atom stereocenters. The summed E-state index contributed by atoms with van der Waals surface area (Å²) in [7, 11) is 0. The van der Waals surface area contributed by atoms with Crippen LogP contribution in [-0.2, 0) is 12.8 Å². The molecule has 2 aliphatic rings. The molecule has 0 heterocycles. The van der Waals surface area contributed by atoms with Crippen molar-refractivity contribution in [2.75, 3.05) is 0 Å². The van der Waals surface area contributed by atoms with Crippen molar-refractivity contribution in [1.82, 2.24) is 0 Å². The van der Waals surface area contributed by atoms with Crippen molar-refractivity contribution in [3.63, 3.8) is 0 Å². The molecule has 25 heavy (non-hydrogen) atoms. The van der Waals surface area contributed by atoms with Gasteiger partial charge in [0.15, 0.2) is 0 Å². The van der Waals surface area contributed by atoms with Gasteiger partial charge in [-0.2, -0.15) is 0 Å². The molecule has 0 N–H and O–H groups in total. The summed E-state index contributed by atoms with van der Waals surface area (Å²) in [5, 5.41) is 5.68. The van der Waals surface area contributed by atoms with Crippen LogP contribution in [0.25, 0.3) is 22.9 Å². The van der Waals surface area contributed by atoms with E-state index >= 15 is 0 Å². The molecular weight excluding hydrogens is 368 g/mol. The van der Waals surface area contributed by atoms with Crippen molar-refractivity contribution in [3.05, 3.63) is 92.3 Å². The number of allylic oxidation sites excluding steroid dienone is 2. The van der Waals surface area contributed by atoms with Gasteiger partial charge in [-0.1, -0.05) is 76.6 Å². The van der Waals surface area contributed by atoms with E-state index in [4.69, 9.17) is 0 Å². The molecule has 0 aromatic heterocycles. The molecule has 3 aromatic carbocycles. The zero-order chi connectivity index (χ0) is 16.8. The third kappa shape index (κ3) is 2.58. The Morgan fingerprint density at radius 3 is 2.40 bits per heavy atom. The second-order valence-electron chi connectivity index (χ2n) is 7.05. The molecule has 5 rings (SSSR count). The lowest BCUT2D eigenvalue weighted by molar-refractivity contribution is 0.698. The normalized spacial score (nSPS) is 18.2. The van der Waals surface area contributed by atoms with Crippen LogP contribution in [0.15, 0.2) is 65.2 Å². The van der Waals surface area contributed by atoms with E-state index in [0.29, 0.717) is 5.92 Å². The van der Waals surface area contributed by atoms with Crippen LogP contribution in [0.2, 0.25) is 0 Å². The first-order chi connectivity index (χ1) is 12.3. The fourth-order valence-corrected chi connectivity index (χ4v) is 4.58. The van der Waals surface area contributed by atoms with Crippen LogP contribution in [0.1, 0.15) is 29.0 Å². The van der Waals surface area contributed by atoms with Crippen molar-refractivity contribution in [2.24, 2.45) is 0 Å². The Balaban J connectivity index is 1.65. The van der Waals surface area contributed by atoms with Crippen LogP contribution in [-0.4, -0.2) is 0 Å².